The van der Waals surface area contributed by atoms with Crippen LogP contribution in [0.5, 0.6) is 5.75 Å². The summed E-state index contributed by atoms with van der Waals surface area (Å²) < 4.78 is 5.43. The summed E-state index contributed by atoms with van der Waals surface area (Å²) in [5.41, 5.74) is 3.39. The van der Waals surface area contributed by atoms with E-state index in [2.05, 4.69) is 42.6 Å². The van der Waals surface area contributed by atoms with E-state index in [9.17, 15) is 0 Å². The van der Waals surface area contributed by atoms with Gasteiger partial charge in [-0.1, -0.05) is 48.9 Å². The van der Waals surface area contributed by atoms with Crippen LogP contribution in [0, 0.1) is 6.92 Å². The average Bonchev–Trinajstić information content (AvgIpc) is 2.51. The third-order valence-corrected chi connectivity index (χ3v) is 4.07. The maximum absolute atomic E-state index is 6.16. The zero-order valence-corrected chi connectivity index (χ0v) is 13.6. The van der Waals surface area contributed by atoms with Gasteiger partial charge in [-0.25, -0.2) is 0 Å². The largest absolute Gasteiger partial charge is 0.495 e. The maximum atomic E-state index is 6.16. The van der Waals surface area contributed by atoms with Crippen molar-refractivity contribution in [1.82, 2.24) is 0 Å². The fourth-order valence-electron chi connectivity index (χ4n) is 2.36. The summed E-state index contributed by atoms with van der Waals surface area (Å²) in [6.07, 6.45) is 2.03. The lowest BCUT2D eigenvalue weighted by molar-refractivity contribution is 0.415. The Morgan fingerprint density at radius 1 is 1.19 bits per heavy atom. The topological polar surface area (TPSA) is 21.3 Å². The second-order valence-corrected chi connectivity index (χ2v) is 5.65. The summed E-state index contributed by atoms with van der Waals surface area (Å²) in [4.78, 5) is 0. The van der Waals surface area contributed by atoms with Crippen molar-refractivity contribution in [3.63, 3.8) is 0 Å². The Morgan fingerprint density at radius 3 is 2.52 bits per heavy atom. The summed E-state index contributed by atoms with van der Waals surface area (Å²) in [7, 11) is 1.67. The molecule has 1 unspecified atom stereocenters. The zero-order valence-electron chi connectivity index (χ0n) is 12.8. The number of ether oxygens (including phenoxy) is 1. The number of hydrogen-bond donors (Lipinski definition) is 1. The first-order chi connectivity index (χ1) is 10.1. The molecule has 2 aromatic rings. The molecule has 0 saturated heterocycles. The number of rotatable bonds is 6. The van der Waals surface area contributed by atoms with Crippen LogP contribution in [0.2, 0.25) is 5.02 Å². The van der Waals surface area contributed by atoms with Crippen molar-refractivity contribution in [2.45, 2.75) is 32.7 Å². The third kappa shape index (κ3) is 4.15. The Balaban J connectivity index is 2.16. The second kappa shape index (κ2) is 7.37. The van der Waals surface area contributed by atoms with Crippen molar-refractivity contribution >= 4 is 17.3 Å². The molecule has 0 heterocycles. The molecule has 1 N–H and O–H groups in total. The number of nitrogens with one attached hydrogen (secondary N) is 1. The molecule has 112 valence electrons. The van der Waals surface area contributed by atoms with Gasteiger partial charge in [0, 0.05) is 17.1 Å². The molecule has 21 heavy (non-hydrogen) atoms. The van der Waals surface area contributed by atoms with E-state index in [1.807, 2.05) is 19.1 Å². The van der Waals surface area contributed by atoms with E-state index in [0.29, 0.717) is 6.04 Å². The van der Waals surface area contributed by atoms with Crippen LogP contribution >= 0.6 is 11.6 Å². The van der Waals surface area contributed by atoms with Crippen LogP contribution in [0.25, 0.3) is 0 Å². The minimum absolute atomic E-state index is 0.363. The fraction of sp³-hybridized carbons (Fsp3) is 0.333. The summed E-state index contributed by atoms with van der Waals surface area (Å²) >= 11 is 6.16. The van der Waals surface area contributed by atoms with Crippen molar-refractivity contribution in [2.75, 3.05) is 12.4 Å². The van der Waals surface area contributed by atoms with Crippen LogP contribution in [0.15, 0.2) is 42.5 Å². The van der Waals surface area contributed by atoms with E-state index >= 15 is 0 Å². The molecule has 0 spiro atoms. The predicted molar refractivity (Wildman–Crippen MR) is 90.6 cm³/mol. The average molecular weight is 304 g/mol. The van der Waals surface area contributed by atoms with Gasteiger partial charge in [0.2, 0.25) is 0 Å². The molecule has 0 bridgehead atoms. The monoisotopic (exact) mass is 303 g/mol. The molecule has 2 rings (SSSR count). The van der Waals surface area contributed by atoms with Gasteiger partial charge in [-0.05, 0) is 37.0 Å². The van der Waals surface area contributed by atoms with E-state index in [0.717, 1.165) is 34.9 Å². The highest BCUT2D eigenvalue weighted by Gasteiger charge is 2.12. The number of benzene rings is 2. The van der Waals surface area contributed by atoms with E-state index in [1.54, 1.807) is 7.11 Å². The molecule has 0 aliphatic carbocycles. The highest BCUT2D eigenvalue weighted by Crippen LogP contribution is 2.31. The van der Waals surface area contributed by atoms with E-state index < -0.39 is 0 Å². The Bertz CT molecular complexity index is 583. The Hall–Kier alpha value is -1.67. The van der Waals surface area contributed by atoms with Crippen LogP contribution < -0.4 is 10.1 Å². The van der Waals surface area contributed by atoms with Gasteiger partial charge < -0.3 is 10.1 Å². The summed E-state index contributed by atoms with van der Waals surface area (Å²) in [6.45, 7) is 4.20. The Labute approximate surface area is 132 Å². The first-order valence-electron chi connectivity index (χ1n) is 7.28. The molecule has 3 heteroatoms. The molecule has 2 nitrogen and oxygen atoms in total. The molecule has 0 amide bonds. The summed E-state index contributed by atoms with van der Waals surface area (Å²) in [5.74, 6) is 0.789. The lowest BCUT2D eigenvalue weighted by Gasteiger charge is -2.21. The van der Waals surface area contributed by atoms with Gasteiger partial charge in [0.05, 0.1) is 12.8 Å². The van der Waals surface area contributed by atoms with Crippen LogP contribution in [0.1, 0.15) is 24.5 Å². The van der Waals surface area contributed by atoms with Gasteiger partial charge in [-0.3, -0.25) is 0 Å². The maximum Gasteiger partial charge on any atom is 0.143 e. The second-order valence-electron chi connectivity index (χ2n) is 5.24. The summed E-state index contributed by atoms with van der Waals surface area (Å²) in [6, 6.07) is 14.8. The number of anilines is 1. The minimum atomic E-state index is 0.363. The molecule has 0 aliphatic heterocycles. The van der Waals surface area contributed by atoms with Crippen LogP contribution in [0.3, 0.4) is 0 Å². The lowest BCUT2D eigenvalue weighted by Crippen LogP contribution is -2.21. The van der Waals surface area contributed by atoms with Gasteiger partial charge in [0.1, 0.15) is 5.75 Å². The minimum Gasteiger partial charge on any atom is -0.495 e. The lowest BCUT2D eigenvalue weighted by atomic mass is 10.0. The standard InChI is InChI=1S/C18H22ClNO/c1-4-15(11-14-8-6-5-7-9-14)20-17-10-13(2)16(19)12-18(17)21-3/h5-10,12,15,20H,4,11H2,1-3H3. The van der Waals surface area contributed by atoms with Crippen molar-refractivity contribution in [2.24, 2.45) is 0 Å². The van der Waals surface area contributed by atoms with Crippen molar-refractivity contribution in [3.05, 3.63) is 58.6 Å². The van der Waals surface area contributed by atoms with Gasteiger partial charge >= 0.3 is 0 Å². The normalized spacial score (nSPS) is 12.0. The van der Waals surface area contributed by atoms with Gasteiger partial charge in [-0.2, -0.15) is 0 Å². The molecule has 0 aromatic heterocycles. The van der Waals surface area contributed by atoms with Crippen molar-refractivity contribution in [1.29, 1.82) is 0 Å². The molecule has 1 atom stereocenters. The molecular weight excluding hydrogens is 282 g/mol. The molecule has 0 saturated carbocycles. The SMILES string of the molecule is CCC(Cc1ccccc1)Nc1cc(C)c(Cl)cc1OC. The number of hydrogen-bond acceptors (Lipinski definition) is 2. The number of aryl methyl sites for hydroxylation is 1. The highest BCUT2D eigenvalue weighted by molar-refractivity contribution is 6.31. The van der Waals surface area contributed by atoms with E-state index in [1.165, 1.54) is 5.56 Å². The molecule has 0 fully saturated rings. The van der Waals surface area contributed by atoms with Crippen LogP contribution in [-0.2, 0) is 6.42 Å². The van der Waals surface area contributed by atoms with Crippen molar-refractivity contribution < 1.29 is 4.74 Å². The molecule has 0 radical (unpaired) electrons. The molecule has 0 aliphatic rings. The van der Waals surface area contributed by atoms with Crippen LogP contribution in [-0.4, -0.2) is 13.2 Å². The van der Waals surface area contributed by atoms with Gasteiger partial charge in [0.15, 0.2) is 0 Å². The molecule has 2 aromatic carbocycles. The zero-order chi connectivity index (χ0) is 15.2. The van der Waals surface area contributed by atoms with E-state index in [4.69, 9.17) is 16.3 Å². The highest BCUT2D eigenvalue weighted by atomic mass is 35.5. The van der Waals surface area contributed by atoms with Gasteiger partial charge in [-0.15, -0.1) is 0 Å². The molecular formula is C18H22ClNO. The first-order valence-corrected chi connectivity index (χ1v) is 7.66. The predicted octanol–water partition coefficient (Wildman–Crippen LogP) is 5.09. The van der Waals surface area contributed by atoms with E-state index in [-0.39, 0.29) is 0 Å². The summed E-state index contributed by atoms with van der Waals surface area (Å²) in [5, 5.41) is 4.31. The first kappa shape index (κ1) is 15.7. The number of methoxy groups -OCH3 is 1. The quantitative estimate of drug-likeness (QED) is 0.802. The Kier molecular flexibility index (Phi) is 5.51. The third-order valence-electron chi connectivity index (χ3n) is 3.66. The van der Waals surface area contributed by atoms with Gasteiger partial charge in [0.25, 0.3) is 0 Å². The number of halogens is 1. The Morgan fingerprint density at radius 2 is 1.90 bits per heavy atom. The van der Waals surface area contributed by atoms with Crippen molar-refractivity contribution in [3.8, 4) is 5.75 Å². The fourth-order valence-corrected chi connectivity index (χ4v) is 2.51. The van der Waals surface area contributed by atoms with Crippen LogP contribution in [0.4, 0.5) is 5.69 Å². The smallest absolute Gasteiger partial charge is 0.143 e.